The van der Waals surface area contributed by atoms with Gasteiger partial charge >= 0.3 is 0 Å². The SMILES string of the molecule is Cc1cc(=O)[nH]c(SCC2=NN=NC2)n1. The summed E-state index contributed by atoms with van der Waals surface area (Å²) in [6, 6.07) is 1.46. The molecule has 1 aromatic rings. The number of thioether (sulfide) groups is 1. The number of nitrogens with one attached hydrogen (secondary N) is 1. The summed E-state index contributed by atoms with van der Waals surface area (Å²) in [5.41, 5.74) is 1.47. The molecular weight excluding hydrogens is 214 g/mol. The fourth-order valence-corrected chi connectivity index (χ4v) is 1.92. The third kappa shape index (κ3) is 2.72. The van der Waals surface area contributed by atoms with Gasteiger partial charge in [-0.05, 0) is 12.1 Å². The molecule has 1 aliphatic heterocycles. The van der Waals surface area contributed by atoms with E-state index in [-0.39, 0.29) is 5.56 Å². The van der Waals surface area contributed by atoms with Crippen LogP contribution in [0.1, 0.15) is 5.69 Å². The Hall–Kier alpha value is -1.50. The first-order valence-electron chi connectivity index (χ1n) is 4.37. The lowest BCUT2D eigenvalue weighted by atomic mass is 10.4. The highest BCUT2D eigenvalue weighted by molar-refractivity contribution is 7.99. The van der Waals surface area contributed by atoms with Crippen molar-refractivity contribution in [1.82, 2.24) is 9.97 Å². The minimum absolute atomic E-state index is 0.132. The van der Waals surface area contributed by atoms with E-state index in [2.05, 4.69) is 25.4 Å². The number of hydrogen-bond acceptors (Lipinski definition) is 6. The summed E-state index contributed by atoms with van der Waals surface area (Å²) in [5.74, 6) is 0.652. The van der Waals surface area contributed by atoms with Gasteiger partial charge in [0.2, 0.25) is 0 Å². The Labute approximate surface area is 89.9 Å². The maximum Gasteiger partial charge on any atom is 0.251 e. The van der Waals surface area contributed by atoms with E-state index in [1.165, 1.54) is 17.8 Å². The van der Waals surface area contributed by atoms with Gasteiger partial charge in [-0.2, -0.15) is 5.11 Å². The second-order valence-electron chi connectivity index (χ2n) is 3.04. The van der Waals surface area contributed by atoms with Gasteiger partial charge in [0.05, 0.1) is 5.71 Å². The standard InChI is InChI=1S/C8H9N5OS/c1-5-2-7(14)11-8(10-5)15-4-6-3-9-13-12-6/h2H,3-4H2,1H3,(H,10,11,14). The molecule has 0 saturated heterocycles. The van der Waals surface area contributed by atoms with Gasteiger partial charge in [-0.3, -0.25) is 4.79 Å². The van der Waals surface area contributed by atoms with Crippen molar-refractivity contribution >= 4 is 17.5 Å². The monoisotopic (exact) mass is 223 g/mol. The quantitative estimate of drug-likeness (QED) is 0.612. The van der Waals surface area contributed by atoms with Crippen molar-refractivity contribution in [2.45, 2.75) is 12.1 Å². The zero-order valence-corrected chi connectivity index (χ0v) is 8.91. The van der Waals surface area contributed by atoms with Gasteiger partial charge in [0.1, 0.15) is 6.54 Å². The maximum atomic E-state index is 11.1. The summed E-state index contributed by atoms with van der Waals surface area (Å²) in [6.07, 6.45) is 0. The van der Waals surface area contributed by atoms with E-state index in [1.54, 1.807) is 6.92 Å². The highest BCUT2D eigenvalue weighted by atomic mass is 32.2. The predicted octanol–water partition coefficient (Wildman–Crippen LogP) is 0.992. The van der Waals surface area contributed by atoms with Gasteiger partial charge in [0.25, 0.3) is 5.56 Å². The van der Waals surface area contributed by atoms with Crippen LogP contribution in [-0.2, 0) is 0 Å². The van der Waals surface area contributed by atoms with E-state index in [4.69, 9.17) is 0 Å². The molecule has 0 unspecified atom stereocenters. The molecule has 2 rings (SSSR count). The van der Waals surface area contributed by atoms with Crippen LogP contribution >= 0.6 is 11.8 Å². The first-order valence-corrected chi connectivity index (χ1v) is 5.35. The largest absolute Gasteiger partial charge is 0.301 e. The van der Waals surface area contributed by atoms with Gasteiger partial charge in [-0.25, -0.2) is 4.98 Å². The highest BCUT2D eigenvalue weighted by Gasteiger charge is 2.06. The van der Waals surface area contributed by atoms with Crippen LogP contribution in [0.25, 0.3) is 0 Å². The molecule has 1 aliphatic rings. The Balaban J connectivity index is 2.01. The van der Waals surface area contributed by atoms with Crippen LogP contribution in [0, 0.1) is 6.92 Å². The van der Waals surface area contributed by atoms with Gasteiger partial charge in [0, 0.05) is 17.5 Å². The number of aromatic amines is 1. The normalized spacial score (nSPS) is 14.3. The van der Waals surface area contributed by atoms with E-state index in [0.717, 1.165) is 5.71 Å². The average molecular weight is 223 g/mol. The fraction of sp³-hybridized carbons (Fsp3) is 0.375. The van der Waals surface area contributed by atoms with Crippen LogP contribution in [0.2, 0.25) is 0 Å². The summed E-state index contributed by atoms with van der Waals surface area (Å²) in [5, 5.41) is 11.7. The number of aryl methyl sites for hydroxylation is 1. The molecule has 0 bridgehead atoms. The third-order valence-electron chi connectivity index (χ3n) is 1.73. The van der Waals surface area contributed by atoms with Crippen LogP contribution < -0.4 is 5.56 Å². The Bertz CT molecular complexity index is 478. The van der Waals surface area contributed by atoms with E-state index < -0.39 is 0 Å². The molecule has 0 aromatic carbocycles. The molecule has 1 aromatic heterocycles. The topological polar surface area (TPSA) is 82.8 Å². The molecule has 0 saturated carbocycles. The second kappa shape index (κ2) is 4.35. The van der Waals surface area contributed by atoms with E-state index in [0.29, 0.717) is 23.1 Å². The predicted molar refractivity (Wildman–Crippen MR) is 57.5 cm³/mol. The lowest BCUT2D eigenvalue weighted by molar-refractivity contribution is 0.907. The first kappa shape index (κ1) is 10.0. The van der Waals surface area contributed by atoms with Crippen LogP contribution in [0.3, 0.4) is 0 Å². The van der Waals surface area contributed by atoms with Crippen molar-refractivity contribution in [2.75, 3.05) is 12.3 Å². The van der Waals surface area contributed by atoms with Crippen molar-refractivity contribution < 1.29 is 0 Å². The molecular formula is C8H9N5OS. The zero-order chi connectivity index (χ0) is 10.7. The first-order chi connectivity index (χ1) is 7.24. The summed E-state index contributed by atoms with van der Waals surface area (Å²) in [4.78, 5) is 18.0. The van der Waals surface area contributed by atoms with Crippen LogP contribution in [0.15, 0.2) is 31.5 Å². The van der Waals surface area contributed by atoms with Gasteiger partial charge in [-0.1, -0.05) is 11.8 Å². The molecule has 15 heavy (non-hydrogen) atoms. The van der Waals surface area contributed by atoms with Crippen LogP contribution in [0.4, 0.5) is 0 Å². The molecule has 0 fully saturated rings. The Kier molecular flexibility index (Phi) is 2.91. The van der Waals surface area contributed by atoms with Crippen LogP contribution in [-0.4, -0.2) is 28.0 Å². The fourth-order valence-electron chi connectivity index (χ4n) is 1.09. The summed E-state index contributed by atoms with van der Waals surface area (Å²) in [6.45, 7) is 2.33. The van der Waals surface area contributed by atoms with Gasteiger partial charge in [-0.15, -0.1) is 5.10 Å². The second-order valence-corrected chi connectivity index (χ2v) is 4.00. The van der Waals surface area contributed by atoms with Crippen molar-refractivity contribution in [2.24, 2.45) is 15.4 Å². The van der Waals surface area contributed by atoms with Crippen molar-refractivity contribution in [3.63, 3.8) is 0 Å². The van der Waals surface area contributed by atoms with Crippen molar-refractivity contribution in [1.29, 1.82) is 0 Å². The Morgan fingerprint density at radius 3 is 3.13 bits per heavy atom. The van der Waals surface area contributed by atoms with E-state index in [9.17, 15) is 4.79 Å². The number of hydrogen-bond donors (Lipinski definition) is 1. The zero-order valence-electron chi connectivity index (χ0n) is 8.10. The minimum Gasteiger partial charge on any atom is -0.301 e. The van der Waals surface area contributed by atoms with E-state index >= 15 is 0 Å². The van der Waals surface area contributed by atoms with Crippen molar-refractivity contribution in [3.05, 3.63) is 22.1 Å². The Morgan fingerprint density at radius 2 is 2.47 bits per heavy atom. The summed E-state index contributed by atoms with van der Waals surface area (Å²) in [7, 11) is 0. The molecule has 7 heteroatoms. The molecule has 78 valence electrons. The van der Waals surface area contributed by atoms with Crippen LogP contribution in [0.5, 0.6) is 0 Å². The number of rotatable bonds is 3. The molecule has 2 heterocycles. The van der Waals surface area contributed by atoms with Gasteiger partial charge in [0.15, 0.2) is 5.16 Å². The number of nitrogens with zero attached hydrogens (tertiary/aromatic N) is 4. The molecule has 0 amide bonds. The van der Waals surface area contributed by atoms with Gasteiger partial charge < -0.3 is 4.98 Å². The molecule has 0 spiro atoms. The molecule has 0 atom stereocenters. The maximum absolute atomic E-state index is 11.1. The molecule has 6 nitrogen and oxygen atoms in total. The summed E-state index contributed by atoms with van der Waals surface area (Å²) < 4.78 is 0. The lowest BCUT2D eigenvalue weighted by Gasteiger charge is -1.99. The lowest BCUT2D eigenvalue weighted by Crippen LogP contribution is -2.10. The highest BCUT2D eigenvalue weighted by Crippen LogP contribution is 2.12. The number of aromatic nitrogens is 2. The number of H-pyrrole nitrogens is 1. The van der Waals surface area contributed by atoms with Crippen molar-refractivity contribution in [3.8, 4) is 0 Å². The Morgan fingerprint density at radius 1 is 1.60 bits per heavy atom. The third-order valence-corrected chi connectivity index (χ3v) is 2.67. The molecule has 1 N–H and O–H groups in total. The van der Waals surface area contributed by atoms with E-state index in [1.807, 2.05) is 0 Å². The molecule has 0 radical (unpaired) electrons. The molecule has 0 aliphatic carbocycles. The summed E-state index contributed by atoms with van der Waals surface area (Å²) >= 11 is 1.43. The smallest absolute Gasteiger partial charge is 0.251 e. The average Bonchev–Trinajstić information content (AvgIpc) is 2.65. The minimum atomic E-state index is -0.132.